The number of hydrogen-bond acceptors (Lipinski definition) is 4. The molecular weight excluding hydrogens is 376 g/mol. The molecular formula is C22H27ClN2O3. The third-order valence-corrected chi connectivity index (χ3v) is 4.87. The minimum absolute atomic E-state index is 0. The molecule has 0 spiro atoms. The number of hydrogen-bond donors (Lipinski definition) is 2. The Balaban J connectivity index is 0.00000280. The number of fused-ring (bicyclic) bond motifs is 1. The van der Waals surface area contributed by atoms with E-state index in [1.54, 1.807) is 18.2 Å². The molecule has 28 heavy (non-hydrogen) atoms. The van der Waals surface area contributed by atoms with Crippen LogP contribution in [0.5, 0.6) is 5.75 Å². The summed E-state index contributed by atoms with van der Waals surface area (Å²) in [7, 11) is 0. The Hall–Kier alpha value is -2.53. The van der Waals surface area contributed by atoms with Crippen LogP contribution in [0.3, 0.4) is 0 Å². The minimum Gasteiger partial charge on any atom is -0.494 e. The Labute approximate surface area is 172 Å². The number of halogens is 1. The molecule has 6 heteroatoms. The molecule has 0 bridgehead atoms. The van der Waals surface area contributed by atoms with Crippen molar-refractivity contribution >= 4 is 29.8 Å². The van der Waals surface area contributed by atoms with Crippen LogP contribution in [0.1, 0.15) is 60.1 Å². The fourth-order valence-electron chi connectivity index (χ4n) is 3.48. The fraction of sp³-hybridized carbons (Fsp3) is 0.364. The highest BCUT2D eigenvalue weighted by Crippen LogP contribution is 2.31. The zero-order chi connectivity index (χ0) is 19.2. The van der Waals surface area contributed by atoms with E-state index in [4.69, 9.17) is 10.5 Å². The number of rotatable bonds is 7. The molecule has 1 atom stereocenters. The van der Waals surface area contributed by atoms with Crippen molar-refractivity contribution in [3.05, 3.63) is 59.2 Å². The third kappa shape index (κ3) is 5.73. The number of carbonyl (C=O) groups excluding carboxylic acids is 2. The van der Waals surface area contributed by atoms with Crippen LogP contribution < -0.4 is 15.8 Å². The van der Waals surface area contributed by atoms with Gasteiger partial charge in [-0.05, 0) is 68.0 Å². The van der Waals surface area contributed by atoms with Gasteiger partial charge in [0.05, 0.1) is 12.6 Å². The van der Waals surface area contributed by atoms with Gasteiger partial charge in [-0.1, -0.05) is 18.2 Å². The predicted molar refractivity (Wildman–Crippen MR) is 113 cm³/mol. The first-order valence-corrected chi connectivity index (χ1v) is 9.44. The molecule has 3 N–H and O–H groups in total. The molecule has 2 aromatic rings. The SMILES string of the molecule is CC(=O)c1cccc(OCCCC(=O)NC2CCCc3cc(N)ccc32)c1.Cl. The molecule has 3 rings (SSSR count). The zero-order valence-electron chi connectivity index (χ0n) is 16.1. The van der Waals surface area contributed by atoms with Crippen LogP contribution in [0.25, 0.3) is 0 Å². The number of nitrogens with two attached hydrogens (primary N) is 1. The van der Waals surface area contributed by atoms with E-state index in [0.717, 1.165) is 24.9 Å². The summed E-state index contributed by atoms with van der Waals surface area (Å²) in [6.07, 6.45) is 4.05. The van der Waals surface area contributed by atoms with E-state index in [0.29, 0.717) is 30.8 Å². The number of nitrogen functional groups attached to an aromatic ring is 1. The summed E-state index contributed by atoms with van der Waals surface area (Å²) in [4.78, 5) is 23.7. The van der Waals surface area contributed by atoms with Gasteiger partial charge < -0.3 is 15.8 Å². The second-order valence-electron chi connectivity index (χ2n) is 7.01. The number of ether oxygens (including phenoxy) is 1. The van der Waals surface area contributed by atoms with E-state index >= 15 is 0 Å². The van der Waals surface area contributed by atoms with E-state index in [1.807, 2.05) is 24.3 Å². The number of ketones is 1. The standard InChI is InChI=1S/C22H26N2O3.ClH/c1-15(25)16-5-2-7-19(14-16)27-12-4-9-22(26)24-21-8-3-6-17-13-18(23)10-11-20(17)21;/h2,5,7,10-11,13-14,21H,3-4,6,8-9,12,23H2,1H3,(H,24,26);1H. The molecule has 5 nitrogen and oxygen atoms in total. The summed E-state index contributed by atoms with van der Waals surface area (Å²) in [5.41, 5.74) is 9.68. The number of benzene rings is 2. The quantitative estimate of drug-likeness (QED) is 0.412. The van der Waals surface area contributed by atoms with Crippen LogP contribution in [0.4, 0.5) is 5.69 Å². The lowest BCUT2D eigenvalue weighted by atomic mass is 9.87. The number of amides is 1. The van der Waals surface area contributed by atoms with Crippen LogP contribution in [0.2, 0.25) is 0 Å². The summed E-state index contributed by atoms with van der Waals surface area (Å²) in [5, 5.41) is 3.14. The van der Waals surface area contributed by atoms with Gasteiger partial charge >= 0.3 is 0 Å². The monoisotopic (exact) mass is 402 g/mol. The number of anilines is 1. The van der Waals surface area contributed by atoms with Crippen molar-refractivity contribution in [1.82, 2.24) is 5.32 Å². The Bertz CT molecular complexity index is 838. The first-order valence-electron chi connectivity index (χ1n) is 9.44. The number of Topliss-reactive ketones (excluding diaryl/α,β-unsaturated/α-hetero) is 1. The van der Waals surface area contributed by atoms with Gasteiger partial charge in [0.2, 0.25) is 5.91 Å². The highest BCUT2D eigenvalue weighted by Gasteiger charge is 2.21. The summed E-state index contributed by atoms with van der Waals surface area (Å²) >= 11 is 0. The van der Waals surface area contributed by atoms with Crippen molar-refractivity contribution < 1.29 is 14.3 Å². The molecule has 0 radical (unpaired) electrons. The van der Waals surface area contributed by atoms with Gasteiger partial charge in [0.25, 0.3) is 0 Å². The lowest BCUT2D eigenvalue weighted by molar-refractivity contribution is -0.122. The molecule has 0 saturated heterocycles. The van der Waals surface area contributed by atoms with E-state index in [2.05, 4.69) is 5.32 Å². The summed E-state index contributed by atoms with van der Waals surface area (Å²) in [6.45, 7) is 1.97. The summed E-state index contributed by atoms with van der Waals surface area (Å²) < 4.78 is 5.66. The van der Waals surface area contributed by atoms with E-state index in [9.17, 15) is 9.59 Å². The molecule has 0 heterocycles. The maximum atomic E-state index is 12.3. The van der Waals surface area contributed by atoms with Gasteiger partial charge in [0.1, 0.15) is 5.75 Å². The predicted octanol–water partition coefficient (Wildman–Crippen LogP) is 4.25. The molecule has 0 fully saturated rings. The van der Waals surface area contributed by atoms with Gasteiger partial charge in [0, 0.05) is 17.7 Å². The van der Waals surface area contributed by atoms with Crippen LogP contribution in [0.15, 0.2) is 42.5 Å². The first kappa shape index (κ1) is 21.8. The maximum Gasteiger partial charge on any atom is 0.220 e. The van der Waals surface area contributed by atoms with Crippen LogP contribution in [-0.2, 0) is 11.2 Å². The van der Waals surface area contributed by atoms with Gasteiger partial charge in [-0.15, -0.1) is 12.4 Å². The van der Waals surface area contributed by atoms with Crippen molar-refractivity contribution in [2.45, 2.75) is 45.1 Å². The number of aryl methyl sites for hydroxylation is 1. The average Bonchev–Trinajstić information content (AvgIpc) is 2.65. The Morgan fingerprint density at radius 2 is 2.04 bits per heavy atom. The number of carbonyl (C=O) groups is 2. The maximum absolute atomic E-state index is 12.3. The fourth-order valence-corrected chi connectivity index (χ4v) is 3.48. The second kappa shape index (κ2) is 10.1. The Morgan fingerprint density at radius 1 is 1.21 bits per heavy atom. The van der Waals surface area contributed by atoms with Gasteiger partial charge in [-0.3, -0.25) is 9.59 Å². The summed E-state index contributed by atoms with van der Waals surface area (Å²) in [5.74, 6) is 0.696. The molecule has 1 aliphatic carbocycles. The van der Waals surface area contributed by atoms with Gasteiger partial charge in [-0.25, -0.2) is 0 Å². The molecule has 0 saturated carbocycles. The van der Waals surface area contributed by atoms with Crippen molar-refractivity contribution in [3.8, 4) is 5.75 Å². The summed E-state index contributed by atoms with van der Waals surface area (Å²) in [6, 6.07) is 13.1. The molecule has 1 amide bonds. The normalized spacial score (nSPS) is 15.1. The molecule has 150 valence electrons. The second-order valence-corrected chi connectivity index (χ2v) is 7.01. The van der Waals surface area contributed by atoms with Gasteiger partial charge in [0.15, 0.2) is 5.78 Å². The van der Waals surface area contributed by atoms with E-state index in [1.165, 1.54) is 18.1 Å². The van der Waals surface area contributed by atoms with Crippen molar-refractivity contribution in [1.29, 1.82) is 0 Å². The van der Waals surface area contributed by atoms with Gasteiger partial charge in [-0.2, -0.15) is 0 Å². The zero-order valence-corrected chi connectivity index (χ0v) is 16.9. The molecule has 0 aromatic heterocycles. The smallest absolute Gasteiger partial charge is 0.220 e. The van der Waals surface area contributed by atoms with Crippen molar-refractivity contribution in [3.63, 3.8) is 0 Å². The van der Waals surface area contributed by atoms with Crippen molar-refractivity contribution in [2.24, 2.45) is 0 Å². The molecule has 2 aromatic carbocycles. The first-order chi connectivity index (χ1) is 13.0. The largest absolute Gasteiger partial charge is 0.494 e. The van der Waals surface area contributed by atoms with E-state index in [-0.39, 0.29) is 30.1 Å². The van der Waals surface area contributed by atoms with Crippen LogP contribution in [-0.4, -0.2) is 18.3 Å². The molecule has 1 unspecified atom stereocenters. The lowest BCUT2D eigenvalue weighted by Crippen LogP contribution is -2.31. The molecule has 0 aliphatic heterocycles. The lowest BCUT2D eigenvalue weighted by Gasteiger charge is -2.26. The highest BCUT2D eigenvalue weighted by atomic mass is 35.5. The third-order valence-electron chi connectivity index (χ3n) is 4.87. The van der Waals surface area contributed by atoms with Crippen molar-refractivity contribution in [2.75, 3.05) is 12.3 Å². The average molecular weight is 403 g/mol. The molecule has 1 aliphatic rings. The Kier molecular flexibility index (Phi) is 7.88. The topological polar surface area (TPSA) is 81.4 Å². The highest BCUT2D eigenvalue weighted by molar-refractivity contribution is 5.94. The van der Waals surface area contributed by atoms with E-state index < -0.39 is 0 Å². The Morgan fingerprint density at radius 3 is 2.82 bits per heavy atom. The van der Waals surface area contributed by atoms with Crippen LogP contribution >= 0.6 is 12.4 Å². The minimum atomic E-state index is 0. The number of nitrogens with one attached hydrogen (secondary N) is 1. The van der Waals surface area contributed by atoms with Crippen LogP contribution in [0, 0.1) is 0 Å².